The van der Waals surface area contributed by atoms with E-state index in [9.17, 15) is 4.79 Å². The number of hydrogen-bond donors (Lipinski definition) is 0. The summed E-state index contributed by atoms with van der Waals surface area (Å²) in [6.45, 7) is 6.83. The average molecular weight is 304 g/mol. The molecule has 3 rings (SSSR count). The van der Waals surface area contributed by atoms with Crippen molar-refractivity contribution >= 4 is 11.6 Å². The normalized spacial score (nSPS) is 14.4. The molecule has 1 fully saturated rings. The third-order valence-electron chi connectivity index (χ3n) is 4.13. The summed E-state index contributed by atoms with van der Waals surface area (Å²) in [5.74, 6) is 0.0736. The number of piperazine rings is 1. The Bertz CT molecular complexity index is 721. The van der Waals surface area contributed by atoms with Crippen molar-refractivity contribution in [1.29, 1.82) is 5.26 Å². The van der Waals surface area contributed by atoms with Gasteiger partial charge >= 0.3 is 0 Å². The molecule has 4 nitrogen and oxygen atoms in total. The molecule has 1 radical (unpaired) electrons. The lowest BCUT2D eigenvalue weighted by atomic mass is 10.1. The van der Waals surface area contributed by atoms with Gasteiger partial charge in [0.15, 0.2) is 0 Å². The maximum absolute atomic E-state index is 12.5. The Morgan fingerprint density at radius 2 is 1.57 bits per heavy atom. The standard InChI is InChI=1S/C19H18N3O/c1-15-2-6-17(7-3-15)19(23)22-12-10-21(11-13-22)18-8-4-16(14-20)5-9-18/h2-9H,1,10-13H2. The predicted octanol–water partition coefficient (Wildman–Crippen LogP) is 2.70. The minimum atomic E-state index is 0.0736. The molecule has 0 N–H and O–H groups in total. The van der Waals surface area contributed by atoms with Gasteiger partial charge in [-0.1, -0.05) is 12.1 Å². The Kier molecular flexibility index (Phi) is 4.29. The van der Waals surface area contributed by atoms with Crippen LogP contribution in [-0.2, 0) is 0 Å². The second-order valence-corrected chi connectivity index (χ2v) is 5.63. The van der Waals surface area contributed by atoms with E-state index >= 15 is 0 Å². The molecular formula is C19H18N3O. The molecule has 0 unspecified atom stereocenters. The quantitative estimate of drug-likeness (QED) is 0.857. The first-order valence-corrected chi connectivity index (χ1v) is 7.64. The topological polar surface area (TPSA) is 47.3 Å². The number of rotatable bonds is 2. The van der Waals surface area contributed by atoms with Crippen LogP contribution in [0.1, 0.15) is 21.5 Å². The number of nitriles is 1. The van der Waals surface area contributed by atoms with Crippen LogP contribution in [-0.4, -0.2) is 37.0 Å². The summed E-state index contributed by atoms with van der Waals surface area (Å²) in [5, 5.41) is 8.85. The van der Waals surface area contributed by atoms with E-state index in [1.165, 1.54) is 0 Å². The summed E-state index contributed by atoms with van der Waals surface area (Å²) in [7, 11) is 0. The zero-order chi connectivity index (χ0) is 16.2. The van der Waals surface area contributed by atoms with Gasteiger partial charge in [0, 0.05) is 37.4 Å². The molecular weight excluding hydrogens is 286 g/mol. The highest BCUT2D eigenvalue weighted by Crippen LogP contribution is 2.18. The molecule has 1 saturated heterocycles. The van der Waals surface area contributed by atoms with Crippen molar-refractivity contribution in [3.63, 3.8) is 0 Å². The first-order chi connectivity index (χ1) is 11.2. The van der Waals surface area contributed by atoms with Gasteiger partial charge in [-0.3, -0.25) is 4.79 Å². The SMILES string of the molecule is [CH2]c1ccc(C(=O)N2CCN(c3ccc(C#N)cc3)CC2)cc1. The van der Waals surface area contributed by atoms with E-state index in [2.05, 4.69) is 17.9 Å². The molecule has 0 atom stereocenters. The van der Waals surface area contributed by atoms with Gasteiger partial charge in [-0.15, -0.1) is 0 Å². The molecule has 23 heavy (non-hydrogen) atoms. The molecule has 0 bridgehead atoms. The van der Waals surface area contributed by atoms with Crippen molar-refractivity contribution in [2.45, 2.75) is 0 Å². The van der Waals surface area contributed by atoms with Crippen molar-refractivity contribution in [2.75, 3.05) is 31.1 Å². The lowest BCUT2D eigenvalue weighted by Gasteiger charge is -2.36. The summed E-state index contributed by atoms with van der Waals surface area (Å²) in [4.78, 5) is 16.6. The molecule has 1 amide bonds. The van der Waals surface area contributed by atoms with Crippen molar-refractivity contribution in [2.24, 2.45) is 0 Å². The lowest BCUT2D eigenvalue weighted by Crippen LogP contribution is -2.48. The molecule has 0 aliphatic carbocycles. The second kappa shape index (κ2) is 6.53. The van der Waals surface area contributed by atoms with E-state index in [4.69, 9.17) is 5.26 Å². The fraction of sp³-hybridized carbons (Fsp3) is 0.211. The first-order valence-electron chi connectivity index (χ1n) is 7.64. The van der Waals surface area contributed by atoms with Crippen molar-refractivity contribution in [1.82, 2.24) is 4.90 Å². The number of carbonyl (C=O) groups is 1. The Balaban J connectivity index is 1.62. The van der Waals surface area contributed by atoms with Crippen LogP contribution >= 0.6 is 0 Å². The van der Waals surface area contributed by atoms with Crippen LogP contribution in [0.15, 0.2) is 48.5 Å². The summed E-state index contributed by atoms with van der Waals surface area (Å²) in [5.41, 5.74) is 3.38. The van der Waals surface area contributed by atoms with Crippen LogP contribution in [0.25, 0.3) is 0 Å². The maximum atomic E-state index is 12.5. The Labute approximate surface area is 136 Å². The number of anilines is 1. The van der Waals surface area contributed by atoms with Crippen LogP contribution in [0.2, 0.25) is 0 Å². The van der Waals surface area contributed by atoms with E-state index in [1.807, 2.05) is 53.4 Å². The van der Waals surface area contributed by atoms with E-state index in [1.54, 1.807) is 0 Å². The van der Waals surface area contributed by atoms with Crippen LogP contribution < -0.4 is 4.90 Å². The van der Waals surface area contributed by atoms with E-state index in [-0.39, 0.29) is 5.91 Å². The number of amides is 1. The van der Waals surface area contributed by atoms with Gasteiger partial charge in [-0.25, -0.2) is 0 Å². The minimum absolute atomic E-state index is 0.0736. The number of hydrogen-bond acceptors (Lipinski definition) is 3. The van der Waals surface area contributed by atoms with Crippen LogP contribution in [0.4, 0.5) is 5.69 Å². The maximum Gasteiger partial charge on any atom is 0.253 e. The van der Waals surface area contributed by atoms with Crippen molar-refractivity contribution in [3.8, 4) is 6.07 Å². The van der Waals surface area contributed by atoms with Gasteiger partial charge in [0.1, 0.15) is 0 Å². The van der Waals surface area contributed by atoms with Crippen molar-refractivity contribution < 1.29 is 4.79 Å². The monoisotopic (exact) mass is 304 g/mol. The molecule has 1 heterocycles. The summed E-state index contributed by atoms with van der Waals surface area (Å²) < 4.78 is 0. The zero-order valence-electron chi connectivity index (χ0n) is 12.9. The molecule has 0 saturated carbocycles. The number of benzene rings is 2. The first kappa shape index (κ1) is 15.1. The predicted molar refractivity (Wildman–Crippen MR) is 90.2 cm³/mol. The zero-order valence-corrected chi connectivity index (χ0v) is 12.9. The summed E-state index contributed by atoms with van der Waals surface area (Å²) >= 11 is 0. The molecule has 1 aliphatic rings. The smallest absolute Gasteiger partial charge is 0.253 e. The van der Waals surface area contributed by atoms with Gasteiger partial charge in [0.05, 0.1) is 11.6 Å². The average Bonchev–Trinajstić information content (AvgIpc) is 2.62. The summed E-state index contributed by atoms with van der Waals surface area (Å²) in [6.07, 6.45) is 0. The molecule has 0 spiro atoms. The van der Waals surface area contributed by atoms with Crippen molar-refractivity contribution in [3.05, 3.63) is 72.1 Å². The van der Waals surface area contributed by atoms with Gasteiger partial charge in [0.2, 0.25) is 0 Å². The molecule has 2 aromatic carbocycles. The molecule has 0 aromatic heterocycles. The van der Waals surface area contributed by atoms with E-state index in [0.29, 0.717) is 24.2 Å². The van der Waals surface area contributed by atoms with Gasteiger partial charge < -0.3 is 9.80 Å². The molecule has 2 aromatic rings. The van der Waals surface area contributed by atoms with Crippen LogP contribution in [0.3, 0.4) is 0 Å². The number of nitrogens with zero attached hydrogens (tertiary/aromatic N) is 3. The third-order valence-corrected chi connectivity index (χ3v) is 4.13. The third kappa shape index (κ3) is 3.35. The lowest BCUT2D eigenvalue weighted by molar-refractivity contribution is 0.0747. The molecule has 4 heteroatoms. The fourth-order valence-corrected chi connectivity index (χ4v) is 2.74. The number of carbonyl (C=O) groups excluding carboxylic acids is 1. The van der Waals surface area contributed by atoms with Crippen LogP contribution in [0.5, 0.6) is 0 Å². The Morgan fingerprint density at radius 3 is 2.13 bits per heavy atom. The molecule has 115 valence electrons. The van der Waals surface area contributed by atoms with E-state index < -0.39 is 0 Å². The Hall–Kier alpha value is -2.80. The van der Waals surface area contributed by atoms with Gasteiger partial charge in [-0.05, 0) is 48.9 Å². The second-order valence-electron chi connectivity index (χ2n) is 5.63. The Morgan fingerprint density at radius 1 is 0.957 bits per heavy atom. The highest BCUT2D eigenvalue weighted by atomic mass is 16.2. The molecule has 1 aliphatic heterocycles. The van der Waals surface area contributed by atoms with Crippen LogP contribution in [0, 0.1) is 18.3 Å². The summed E-state index contributed by atoms with van der Waals surface area (Å²) in [6, 6.07) is 17.1. The van der Waals surface area contributed by atoms with Gasteiger partial charge in [0.25, 0.3) is 5.91 Å². The van der Waals surface area contributed by atoms with E-state index in [0.717, 1.165) is 24.3 Å². The highest BCUT2D eigenvalue weighted by Gasteiger charge is 2.22. The highest BCUT2D eigenvalue weighted by molar-refractivity contribution is 5.94. The minimum Gasteiger partial charge on any atom is -0.368 e. The largest absolute Gasteiger partial charge is 0.368 e. The fourth-order valence-electron chi connectivity index (χ4n) is 2.74. The van der Waals surface area contributed by atoms with Gasteiger partial charge in [-0.2, -0.15) is 5.26 Å².